The van der Waals surface area contributed by atoms with Gasteiger partial charge in [-0.2, -0.15) is 0 Å². The highest BCUT2D eigenvalue weighted by atomic mass is 16.7. The maximum atomic E-state index is 12.6. The van der Waals surface area contributed by atoms with E-state index in [0.717, 1.165) is 16.8 Å². The Balaban J connectivity index is 1.43. The fourth-order valence-electron chi connectivity index (χ4n) is 3.08. The van der Waals surface area contributed by atoms with Crippen LogP contribution in [0.1, 0.15) is 27.3 Å². The van der Waals surface area contributed by atoms with Crippen molar-refractivity contribution in [1.82, 2.24) is 15.0 Å². The number of anilines is 2. The molecular formula is C21H21N5O4. The summed E-state index contributed by atoms with van der Waals surface area (Å²) in [6.07, 6.45) is 0. The highest BCUT2D eigenvalue weighted by Gasteiger charge is 2.19. The van der Waals surface area contributed by atoms with Crippen molar-refractivity contribution in [2.24, 2.45) is 0 Å². The summed E-state index contributed by atoms with van der Waals surface area (Å²) in [5, 5.41) is 13.5. The quantitative estimate of drug-likeness (QED) is 0.673. The first-order valence-corrected chi connectivity index (χ1v) is 9.39. The number of aryl methyl sites for hydroxylation is 2. The van der Waals surface area contributed by atoms with E-state index >= 15 is 0 Å². The number of carbonyl (C=O) groups is 2. The van der Waals surface area contributed by atoms with Gasteiger partial charge in [0, 0.05) is 17.4 Å². The summed E-state index contributed by atoms with van der Waals surface area (Å²) in [7, 11) is 0. The van der Waals surface area contributed by atoms with Gasteiger partial charge in [-0.3, -0.25) is 9.59 Å². The van der Waals surface area contributed by atoms with Crippen molar-refractivity contribution in [3.63, 3.8) is 0 Å². The van der Waals surface area contributed by atoms with Crippen molar-refractivity contribution < 1.29 is 19.1 Å². The van der Waals surface area contributed by atoms with Crippen LogP contribution < -0.4 is 20.1 Å². The first-order chi connectivity index (χ1) is 14.4. The Labute approximate surface area is 173 Å². The van der Waals surface area contributed by atoms with Gasteiger partial charge >= 0.3 is 0 Å². The topological polar surface area (TPSA) is 107 Å². The predicted molar refractivity (Wildman–Crippen MR) is 110 cm³/mol. The molecule has 0 bridgehead atoms. The largest absolute Gasteiger partial charge is 0.454 e. The summed E-state index contributed by atoms with van der Waals surface area (Å²) in [6, 6.07) is 11.0. The van der Waals surface area contributed by atoms with Crippen LogP contribution in [0.2, 0.25) is 0 Å². The molecule has 0 spiro atoms. The number of hydrogen-bond donors (Lipinski definition) is 2. The van der Waals surface area contributed by atoms with Crippen molar-refractivity contribution in [2.45, 2.75) is 27.3 Å². The number of benzene rings is 2. The zero-order valence-electron chi connectivity index (χ0n) is 16.9. The minimum absolute atomic E-state index is 0.0793. The number of ether oxygens (including phenoxy) is 2. The highest BCUT2D eigenvalue weighted by Crippen LogP contribution is 2.34. The van der Waals surface area contributed by atoms with Crippen molar-refractivity contribution in [3.8, 4) is 11.5 Å². The van der Waals surface area contributed by atoms with Crippen LogP contribution >= 0.6 is 0 Å². The molecule has 4 rings (SSSR count). The van der Waals surface area contributed by atoms with Gasteiger partial charge in [0.2, 0.25) is 12.7 Å². The minimum atomic E-state index is -0.372. The van der Waals surface area contributed by atoms with Crippen LogP contribution in [0.3, 0.4) is 0 Å². The number of amides is 2. The lowest BCUT2D eigenvalue weighted by molar-refractivity contribution is -0.117. The molecule has 9 heteroatoms. The average molecular weight is 407 g/mol. The van der Waals surface area contributed by atoms with Crippen molar-refractivity contribution >= 4 is 23.2 Å². The first kappa shape index (κ1) is 19.4. The molecule has 0 saturated carbocycles. The first-order valence-electron chi connectivity index (χ1n) is 9.39. The lowest BCUT2D eigenvalue weighted by Crippen LogP contribution is -2.21. The maximum Gasteiger partial charge on any atom is 0.278 e. The number of aromatic nitrogens is 3. The van der Waals surface area contributed by atoms with E-state index in [0.29, 0.717) is 22.9 Å². The molecule has 2 N–H and O–H groups in total. The van der Waals surface area contributed by atoms with Gasteiger partial charge in [0.25, 0.3) is 5.91 Å². The lowest BCUT2D eigenvalue weighted by Gasteiger charge is -2.09. The Morgan fingerprint density at radius 3 is 2.67 bits per heavy atom. The maximum absolute atomic E-state index is 12.6. The Morgan fingerprint density at radius 2 is 1.83 bits per heavy atom. The summed E-state index contributed by atoms with van der Waals surface area (Å²) in [5.74, 6) is 0.543. The summed E-state index contributed by atoms with van der Waals surface area (Å²) in [4.78, 5) is 25.1. The molecule has 2 aromatic carbocycles. The van der Waals surface area contributed by atoms with Gasteiger partial charge in [0.1, 0.15) is 6.54 Å². The summed E-state index contributed by atoms with van der Waals surface area (Å²) >= 11 is 0. The fraction of sp³-hybridized carbons (Fsp3) is 0.238. The van der Waals surface area contributed by atoms with Crippen LogP contribution in [0.5, 0.6) is 11.5 Å². The van der Waals surface area contributed by atoms with E-state index in [2.05, 4.69) is 20.9 Å². The van der Waals surface area contributed by atoms with E-state index in [4.69, 9.17) is 9.47 Å². The number of carbonyl (C=O) groups excluding carboxylic acids is 2. The van der Waals surface area contributed by atoms with Crippen LogP contribution in [0.25, 0.3) is 0 Å². The third kappa shape index (κ3) is 3.95. The van der Waals surface area contributed by atoms with E-state index in [-0.39, 0.29) is 30.8 Å². The number of fused-ring (bicyclic) bond motifs is 1. The molecule has 1 aliphatic rings. The molecule has 1 aliphatic heterocycles. The molecule has 0 fully saturated rings. The molecule has 154 valence electrons. The van der Waals surface area contributed by atoms with Gasteiger partial charge in [0.05, 0.1) is 5.69 Å². The smallest absolute Gasteiger partial charge is 0.278 e. The Kier molecular flexibility index (Phi) is 5.09. The van der Waals surface area contributed by atoms with Crippen molar-refractivity contribution in [3.05, 3.63) is 58.9 Å². The molecule has 0 radical (unpaired) electrons. The second kappa shape index (κ2) is 7.86. The van der Waals surface area contributed by atoms with Crippen LogP contribution in [-0.4, -0.2) is 33.6 Å². The van der Waals surface area contributed by atoms with Gasteiger partial charge in [-0.05, 0) is 50.1 Å². The third-order valence-electron chi connectivity index (χ3n) is 4.79. The van der Waals surface area contributed by atoms with Gasteiger partial charge < -0.3 is 20.1 Å². The standard InChI is InChI=1S/C21H21N5O4/c1-12-4-5-13(2)16(8-12)23-21(28)20-14(3)26(25-24-20)10-19(27)22-15-6-7-17-18(9-15)30-11-29-17/h4-9H,10-11H2,1-3H3,(H,22,27)(H,23,28). The Morgan fingerprint density at radius 1 is 1.03 bits per heavy atom. The van der Waals surface area contributed by atoms with E-state index in [1.807, 2.05) is 32.0 Å². The molecule has 2 amide bonds. The Bertz CT molecular complexity index is 1140. The molecule has 2 heterocycles. The SMILES string of the molecule is Cc1ccc(C)c(NC(=O)c2nnn(CC(=O)Nc3ccc4c(c3)OCO4)c2C)c1. The van der Waals surface area contributed by atoms with Gasteiger partial charge in [-0.1, -0.05) is 17.3 Å². The third-order valence-corrected chi connectivity index (χ3v) is 4.79. The second-order valence-corrected chi connectivity index (χ2v) is 7.07. The zero-order valence-corrected chi connectivity index (χ0v) is 16.9. The molecule has 30 heavy (non-hydrogen) atoms. The van der Waals surface area contributed by atoms with E-state index in [1.165, 1.54) is 4.68 Å². The van der Waals surface area contributed by atoms with Crippen molar-refractivity contribution in [1.29, 1.82) is 0 Å². The van der Waals surface area contributed by atoms with Gasteiger partial charge in [0.15, 0.2) is 17.2 Å². The summed E-state index contributed by atoms with van der Waals surface area (Å²) < 4.78 is 12.0. The molecule has 0 aliphatic carbocycles. The zero-order chi connectivity index (χ0) is 21.3. The molecule has 1 aromatic heterocycles. The number of rotatable bonds is 5. The summed E-state index contributed by atoms with van der Waals surface area (Å²) in [5.41, 5.74) is 3.95. The second-order valence-electron chi connectivity index (χ2n) is 7.07. The predicted octanol–water partition coefficient (Wildman–Crippen LogP) is 2.82. The minimum Gasteiger partial charge on any atom is -0.454 e. The molecule has 3 aromatic rings. The summed E-state index contributed by atoms with van der Waals surface area (Å²) in [6.45, 7) is 5.66. The average Bonchev–Trinajstić information content (AvgIpc) is 3.31. The normalized spacial score (nSPS) is 12.0. The van der Waals surface area contributed by atoms with Crippen LogP contribution in [0.4, 0.5) is 11.4 Å². The monoisotopic (exact) mass is 407 g/mol. The van der Waals surface area contributed by atoms with Crippen LogP contribution in [0.15, 0.2) is 36.4 Å². The van der Waals surface area contributed by atoms with Gasteiger partial charge in [-0.25, -0.2) is 4.68 Å². The number of hydrogen-bond acceptors (Lipinski definition) is 6. The molecule has 9 nitrogen and oxygen atoms in total. The van der Waals surface area contributed by atoms with Crippen LogP contribution in [0, 0.1) is 20.8 Å². The lowest BCUT2D eigenvalue weighted by atomic mass is 10.1. The van der Waals surface area contributed by atoms with Gasteiger partial charge in [-0.15, -0.1) is 5.10 Å². The molecule has 0 unspecified atom stereocenters. The molecule has 0 saturated heterocycles. The van der Waals surface area contributed by atoms with Crippen LogP contribution in [-0.2, 0) is 11.3 Å². The number of nitrogens with zero attached hydrogens (tertiary/aromatic N) is 3. The highest BCUT2D eigenvalue weighted by molar-refractivity contribution is 6.04. The molecular weight excluding hydrogens is 386 g/mol. The van der Waals surface area contributed by atoms with E-state index in [1.54, 1.807) is 25.1 Å². The number of nitrogens with one attached hydrogen (secondary N) is 2. The van der Waals surface area contributed by atoms with E-state index < -0.39 is 0 Å². The van der Waals surface area contributed by atoms with E-state index in [9.17, 15) is 9.59 Å². The van der Waals surface area contributed by atoms with Crippen molar-refractivity contribution in [2.75, 3.05) is 17.4 Å². The fourth-order valence-corrected chi connectivity index (χ4v) is 3.08. The molecule has 0 atom stereocenters. The Hall–Kier alpha value is -3.88.